The number of pyridine rings is 2. The topological polar surface area (TPSA) is 108 Å². The monoisotopic (exact) mass is 707 g/mol. The number of nitrogens with zero attached hydrogens (tertiary/aromatic N) is 9. The second-order valence-electron chi connectivity index (χ2n) is 12.9. The average Bonchev–Trinajstić information content (AvgIpc) is 3.60. The zero-order valence-electron chi connectivity index (χ0n) is 29.3. The second-order valence-corrected chi connectivity index (χ2v) is 12.9. The Morgan fingerprint density at radius 3 is 1.11 bits per heavy atom. The lowest BCUT2D eigenvalue weighted by atomic mass is 10.1. The van der Waals surface area contributed by atoms with Crippen molar-refractivity contribution in [3.05, 3.63) is 176 Å². The minimum Gasteiger partial charge on any atom is -0.309 e. The Balaban J connectivity index is 1.19. The molecule has 5 heterocycles. The number of rotatable bonds is 7. The van der Waals surface area contributed by atoms with E-state index < -0.39 is 0 Å². The third-order valence-corrected chi connectivity index (χ3v) is 9.42. The van der Waals surface area contributed by atoms with E-state index in [1.807, 2.05) is 103 Å². The third-order valence-electron chi connectivity index (χ3n) is 9.42. The largest absolute Gasteiger partial charge is 0.309 e. The van der Waals surface area contributed by atoms with Gasteiger partial charge in [0.2, 0.25) is 0 Å². The molecule has 0 saturated carbocycles. The molecule has 0 aliphatic rings. The van der Waals surface area contributed by atoms with E-state index in [2.05, 4.69) is 75.2 Å². The van der Waals surface area contributed by atoms with Gasteiger partial charge in [0, 0.05) is 51.1 Å². The lowest BCUT2D eigenvalue weighted by molar-refractivity contribution is 1.06. The molecule has 0 fully saturated rings. The molecule has 0 aliphatic carbocycles. The Morgan fingerprint density at radius 2 is 0.691 bits per heavy atom. The highest BCUT2D eigenvalue weighted by molar-refractivity contribution is 6.11. The van der Waals surface area contributed by atoms with Gasteiger partial charge >= 0.3 is 0 Å². The molecule has 0 unspecified atom stereocenters. The molecule has 5 aromatic carbocycles. The highest BCUT2D eigenvalue weighted by Crippen LogP contribution is 2.37. The predicted octanol–water partition coefficient (Wildman–Crippen LogP) is 9.95. The fraction of sp³-hybridized carbons (Fsp3) is 0. The van der Waals surface area contributed by atoms with E-state index in [9.17, 15) is 0 Å². The van der Waals surface area contributed by atoms with Crippen LogP contribution in [0.1, 0.15) is 0 Å². The molecule has 9 nitrogen and oxygen atoms in total. The van der Waals surface area contributed by atoms with Crippen LogP contribution in [-0.2, 0) is 0 Å². The van der Waals surface area contributed by atoms with Gasteiger partial charge in [-0.25, -0.2) is 29.9 Å². The molecule has 0 aliphatic heterocycles. The molecule has 55 heavy (non-hydrogen) atoms. The van der Waals surface area contributed by atoms with E-state index in [1.165, 1.54) is 0 Å². The van der Waals surface area contributed by atoms with Crippen molar-refractivity contribution >= 4 is 21.8 Å². The van der Waals surface area contributed by atoms with Crippen LogP contribution in [0.3, 0.4) is 0 Å². The molecule has 5 aromatic heterocycles. The molecule has 10 aromatic rings. The van der Waals surface area contributed by atoms with E-state index >= 15 is 0 Å². The van der Waals surface area contributed by atoms with Crippen LogP contribution < -0.4 is 0 Å². The third kappa shape index (κ3) is 6.05. The van der Waals surface area contributed by atoms with Crippen molar-refractivity contribution in [2.45, 2.75) is 0 Å². The van der Waals surface area contributed by atoms with Gasteiger partial charge in [-0.1, -0.05) is 91.0 Å². The Morgan fingerprint density at radius 1 is 0.309 bits per heavy atom. The fourth-order valence-electron chi connectivity index (χ4n) is 6.82. The summed E-state index contributed by atoms with van der Waals surface area (Å²) in [5.41, 5.74) is 7.98. The Labute approximate surface area is 315 Å². The summed E-state index contributed by atoms with van der Waals surface area (Å²) in [6.45, 7) is 0. The van der Waals surface area contributed by atoms with Gasteiger partial charge < -0.3 is 4.57 Å². The molecule has 9 heteroatoms. The molecule has 0 atom stereocenters. The molecule has 0 N–H and O–H groups in total. The molecule has 0 radical (unpaired) electrons. The molecule has 0 amide bonds. The van der Waals surface area contributed by atoms with Crippen molar-refractivity contribution < 1.29 is 0 Å². The van der Waals surface area contributed by atoms with Gasteiger partial charge in [0.25, 0.3) is 0 Å². The molecule has 0 spiro atoms. The van der Waals surface area contributed by atoms with Crippen LogP contribution in [0.4, 0.5) is 0 Å². The summed E-state index contributed by atoms with van der Waals surface area (Å²) < 4.78 is 2.28. The first-order valence-electron chi connectivity index (χ1n) is 17.9. The molecule has 0 saturated heterocycles. The van der Waals surface area contributed by atoms with Crippen LogP contribution in [0.15, 0.2) is 176 Å². The van der Waals surface area contributed by atoms with Crippen LogP contribution in [-0.4, -0.2) is 44.4 Å². The van der Waals surface area contributed by atoms with Crippen LogP contribution in [0.5, 0.6) is 0 Å². The van der Waals surface area contributed by atoms with Crippen LogP contribution >= 0.6 is 0 Å². The lowest BCUT2D eigenvalue weighted by Crippen LogP contribution is -2.01. The van der Waals surface area contributed by atoms with Gasteiger partial charge in [0.05, 0.1) is 11.0 Å². The minimum atomic E-state index is 0.506. The first-order chi connectivity index (χ1) is 27.2. The van der Waals surface area contributed by atoms with Gasteiger partial charge in [-0.15, -0.1) is 0 Å². The second kappa shape index (κ2) is 13.6. The first kappa shape index (κ1) is 31.9. The Kier molecular flexibility index (Phi) is 7.92. The van der Waals surface area contributed by atoms with E-state index in [0.717, 1.165) is 49.7 Å². The van der Waals surface area contributed by atoms with Gasteiger partial charge in [-0.05, 0) is 72.8 Å². The van der Waals surface area contributed by atoms with Crippen molar-refractivity contribution in [1.29, 1.82) is 0 Å². The van der Waals surface area contributed by atoms with E-state index in [0.29, 0.717) is 46.3 Å². The van der Waals surface area contributed by atoms with Gasteiger partial charge in [-0.3, -0.25) is 9.97 Å². The van der Waals surface area contributed by atoms with E-state index in [-0.39, 0.29) is 0 Å². The fourth-order valence-corrected chi connectivity index (χ4v) is 6.82. The first-order valence-corrected chi connectivity index (χ1v) is 17.9. The van der Waals surface area contributed by atoms with E-state index in [4.69, 9.17) is 29.9 Å². The molecule has 0 bridgehead atoms. The van der Waals surface area contributed by atoms with Crippen LogP contribution in [0.25, 0.3) is 96.1 Å². The van der Waals surface area contributed by atoms with Crippen molar-refractivity contribution in [1.82, 2.24) is 44.4 Å². The highest BCUT2D eigenvalue weighted by atomic mass is 15.1. The zero-order chi connectivity index (χ0) is 36.6. The normalized spacial score (nSPS) is 11.3. The number of para-hydroxylation sites is 1. The maximum absolute atomic E-state index is 5.00. The summed E-state index contributed by atoms with van der Waals surface area (Å²) >= 11 is 0. The van der Waals surface area contributed by atoms with Crippen molar-refractivity contribution in [2.75, 3.05) is 0 Å². The summed E-state index contributed by atoms with van der Waals surface area (Å²) in [6, 6.07) is 54.5. The van der Waals surface area contributed by atoms with Gasteiger partial charge in [0.1, 0.15) is 11.4 Å². The van der Waals surface area contributed by atoms with E-state index in [1.54, 1.807) is 12.4 Å². The van der Waals surface area contributed by atoms with Crippen LogP contribution in [0, 0.1) is 0 Å². The summed E-state index contributed by atoms with van der Waals surface area (Å²) in [5.74, 6) is 3.27. The lowest BCUT2D eigenvalue weighted by Gasteiger charge is -2.09. The standard InChI is InChI=1S/C46H29N9/c1-4-14-30(15-5-1)41-49-43(53-45(51-41)37-20-10-12-26-47-37)32-22-24-39-35(28-32)36-29-33(23-25-40(36)55(39)34-18-8-3-9-19-34)44-50-42(31-16-6-2-7-17-31)52-46(54-44)38-21-11-13-27-48-38/h1-29H. The summed E-state index contributed by atoms with van der Waals surface area (Å²) in [6.07, 6.45) is 3.50. The van der Waals surface area contributed by atoms with Crippen LogP contribution in [0.2, 0.25) is 0 Å². The molecular weight excluding hydrogens is 679 g/mol. The number of hydrogen-bond donors (Lipinski definition) is 0. The Bertz CT molecular complexity index is 2660. The zero-order valence-corrected chi connectivity index (χ0v) is 29.3. The number of aromatic nitrogens is 9. The quantitative estimate of drug-likeness (QED) is 0.161. The average molecular weight is 708 g/mol. The number of hydrogen-bond acceptors (Lipinski definition) is 8. The van der Waals surface area contributed by atoms with Gasteiger partial charge in [0.15, 0.2) is 34.9 Å². The van der Waals surface area contributed by atoms with Crippen molar-refractivity contribution in [2.24, 2.45) is 0 Å². The van der Waals surface area contributed by atoms with Crippen molar-refractivity contribution in [3.63, 3.8) is 0 Å². The molecule has 10 rings (SSSR count). The maximum Gasteiger partial charge on any atom is 0.182 e. The summed E-state index contributed by atoms with van der Waals surface area (Å²) in [4.78, 5) is 38.8. The number of benzene rings is 5. The predicted molar refractivity (Wildman–Crippen MR) is 216 cm³/mol. The minimum absolute atomic E-state index is 0.506. The highest BCUT2D eigenvalue weighted by Gasteiger charge is 2.19. The molecule has 258 valence electrons. The number of fused-ring (bicyclic) bond motifs is 3. The van der Waals surface area contributed by atoms with Gasteiger partial charge in [-0.2, -0.15) is 0 Å². The maximum atomic E-state index is 5.00. The summed E-state index contributed by atoms with van der Waals surface area (Å²) in [5, 5.41) is 2.06. The Hall–Kier alpha value is -7.78. The molecular formula is C46H29N9. The summed E-state index contributed by atoms with van der Waals surface area (Å²) in [7, 11) is 0. The smallest absolute Gasteiger partial charge is 0.182 e. The SMILES string of the molecule is c1ccc(-c2nc(-c3ccc4c(c3)c3cc(-c5nc(-c6ccccc6)nc(-c6ccccn6)n5)ccc3n4-c3ccccc3)nc(-c3ccccn3)n2)cc1. The van der Waals surface area contributed by atoms with Crippen molar-refractivity contribution in [3.8, 4) is 74.3 Å².